The highest BCUT2D eigenvalue weighted by atomic mass is 16.7. The van der Waals surface area contributed by atoms with Crippen LogP contribution in [0.15, 0.2) is 0 Å². The van der Waals surface area contributed by atoms with Crippen molar-refractivity contribution in [2.75, 3.05) is 0 Å². The molecule has 0 aromatic carbocycles. The fourth-order valence-corrected chi connectivity index (χ4v) is 0.886. The summed E-state index contributed by atoms with van der Waals surface area (Å²) < 4.78 is 0. The molecule has 0 heterocycles. The van der Waals surface area contributed by atoms with Crippen molar-refractivity contribution in [1.29, 1.82) is 0 Å². The van der Waals surface area contributed by atoms with Gasteiger partial charge in [0.2, 0.25) is 12.0 Å². The molecule has 0 spiro atoms. The van der Waals surface area contributed by atoms with Crippen LogP contribution in [0, 0.1) is 6.10 Å². The lowest BCUT2D eigenvalue weighted by molar-refractivity contribution is -0.146. The predicted molar refractivity (Wildman–Crippen MR) is 52.5 cm³/mol. The zero-order chi connectivity index (χ0) is 12.9. The first-order valence-corrected chi connectivity index (χ1v) is 4.62. The maximum absolute atomic E-state index is 11.1. The third-order valence-corrected chi connectivity index (χ3v) is 1.74. The van der Waals surface area contributed by atoms with E-state index in [1.165, 1.54) is 6.92 Å². The monoisotopic (exact) mass is 234 g/mol. The summed E-state index contributed by atoms with van der Waals surface area (Å²) in [6, 6.07) is 0. The van der Waals surface area contributed by atoms with E-state index in [2.05, 4.69) is 4.84 Å². The fraction of sp³-hybridized carbons (Fsp3) is 0.667. The molecule has 93 valence electrons. The van der Waals surface area contributed by atoms with Gasteiger partial charge in [-0.1, -0.05) is 0 Å². The Balaban J connectivity index is 4.52. The van der Waals surface area contributed by atoms with E-state index < -0.39 is 36.1 Å². The average molecular weight is 234 g/mol. The highest BCUT2D eigenvalue weighted by Crippen LogP contribution is 2.14. The first-order chi connectivity index (χ1) is 7.27. The molecule has 0 aliphatic rings. The summed E-state index contributed by atoms with van der Waals surface area (Å²) in [5.74, 6) is -1.24. The summed E-state index contributed by atoms with van der Waals surface area (Å²) in [4.78, 5) is 26.1. The number of Topliss-reactive ketones (excluding diaryl/α,β-unsaturated/α-hetero) is 1. The van der Waals surface area contributed by atoms with Gasteiger partial charge in [-0.3, -0.25) is 14.4 Å². The number of ketones is 1. The number of nitrogens with one attached hydrogen (secondary N) is 1. The van der Waals surface area contributed by atoms with Gasteiger partial charge in [0.15, 0.2) is 5.78 Å². The number of amides is 1. The molecule has 0 aromatic heterocycles. The summed E-state index contributed by atoms with van der Waals surface area (Å²) in [5, 5.41) is 27.8. The van der Waals surface area contributed by atoms with Crippen molar-refractivity contribution >= 4 is 11.7 Å². The normalized spacial score (nSPS) is 16.7. The van der Waals surface area contributed by atoms with Gasteiger partial charge in [-0.05, 0) is 13.8 Å². The Morgan fingerprint density at radius 3 is 2.00 bits per heavy atom. The number of carbonyl (C=O) groups excluding carboxylic acids is 2. The van der Waals surface area contributed by atoms with Gasteiger partial charge in [0.05, 0.1) is 6.10 Å². The van der Waals surface area contributed by atoms with Crippen LogP contribution in [0.5, 0.6) is 0 Å². The third kappa shape index (κ3) is 4.67. The molecule has 1 radical (unpaired) electrons. The lowest BCUT2D eigenvalue weighted by atomic mass is 10.0. The van der Waals surface area contributed by atoms with Crippen LogP contribution in [-0.2, 0) is 14.4 Å². The minimum absolute atomic E-state index is 0.538. The molecule has 3 atom stereocenters. The van der Waals surface area contributed by atoms with Crippen molar-refractivity contribution in [3.63, 3.8) is 0 Å². The van der Waals surface area contributed by atoms with Crippen molar-refractivity contribution in [1.82, 2.24) is 5.48 Å². The summed E-state index contributed by atoms with van der Waals surface area (Å²) >= 11 is 0. The summed E-state index contributed by atoms with van der Waals surface area (Å²) in [5.41, 5.74) is 1.85. The van der Waals surface area contributed by atoms with E-state index in [9.17, 15) is 19.8 Å². The molecule has 0 unspecified atom stereocenters. The molecule has 0 aliphatic heterocycles. The van der Waals surface area contributed by atoms with Gasteiger partial charge in [-0.2, -0.15) is 0 Å². The van der Waals surface area contributed by atoms with E-state index in [0.717, 1.165) is 13.8 Å². The van der Waals surface area contributed by atoms with Crippen molar-refractivity contribution < 1.29 is 29.7 Å². The smallest absolute Gasteiger partial charge is 0.240 e. The topological polar surface area (TPSA) is 116 Å². The van der Waals surface area contributed by atoms with E-state index in [4.69, 9.17) is 5.11 Å². The second-order valence-corrected chi connectivity index (χ2v) is 3.36. The van der Waals surface area contributed by atoms with Crippen LogP contribution in [0.2, 0.25) is 0 Å². The van der Waals surface area contributed by atoms with E-state index in [1.54, 1.807) is 0 Å². The number of carbonyl (C=O) groups is 2. The molecule has 0 saturated heterocycles. The summed E-state index contributed by atoms with van der Waals surface area (Å²) in [6.45, 7) is 3.48. The number of hydrogen-bond acceptors (Lipinski definition) is 6. The van der Waals surface area contributed by atoms with E-state index in [0.29, 0.717) is 0 Å². The van der Waals surface area contributed by atoms with E-state index in [-0.39, 0.29) is 0 Å². The Morgan fingerprint density at radius 1 is 1.19 bits per heavy atom. The highest BCUT2D eigenvalue weighted by Gasteiger charge is 2.35. The number of hydroxylamine groups is 1. The molecule has 0 rings (SSSR count). The van der Waals surface area contributed by atoms with Crippen LogP contribution >= 0.6 is 0 Å². The molecule has 0 saturated carbocycles. The molecule has 4 N–H and O–H groups in total. The van der Waals surface area contributed by atoms with Crippen molar-refractivity contribution in [2.45, 2.75) is 39.1 Å². The third-order valence-electron chi connectivity index (χ3n) is 1.74. The quantitative estimate of drug-likeness (QED) is 0.406. The molecular weight excluding hydrogens is 218 g/mol. The van der Waals surface area contributed by atoms with Gasteiger partial charge in [0, 0.05) is 6.92 Å². The number of rotatable bonds is 6. The zero-order valence-corrected chi connectivity index (χ0v) is 9.30. The summed E-state index contributed by atoms with van der Waals surface area (Å²) in [6.07, 6.45) is -5.06. The number of hydrogen-bond donors (Lipinski definition) is 4. The number of aliphatic hydroxyl groups is 3. The second-order valence-electron chi connectivity index (χ2n) is 3.36. The lowest BCUT2D eigenvalue weighted by Gasteiger charge is -2.24. The van der Waals surface area contributed by atoms with Gasteiger partial charge < -0.3 is 15.3 Å². The molecule has 0 aliphatic carbocycles. The largest absolute Gasteiger partial charge is 0.391 e. The Morgan fingerprint density at radius 2 is 1.69 bits per heavy atom. The Hall–Kier alpha value is -1.02. The van der Waals surface area contributed by atoms with Gasteiger partial charge in [0.25, 0.3) is 0 Å². The molecule has 7 heteroatoms. The molecular formula is C9H16NO6. The van der Waals surface area contributed by atoms with Gasteiger partial charge in [0.1, 0.15) is 12.2 Å². The van der Waals surface area contributed by atoms with Crippen molar-refractivity contribution in [3.05, 3.63) is 6.10 Å². The minimum atomic E-state index is -1.70. The minimum Gasteiger partial charge on any atom is -0.391 e. The molecule has 7 nitrogen and oxygen atoms in total. The van der Waals surface area contributed by atoms with E-state index in [1.807, 2.05) is 5.48 Å². The van der Waals surface area contributed by atoms with Crippen molar-refractivity contribution in [2.24, 2.45) is 0 Å². The molecule has 0 fully saturated rings. The first-order valence-electron chi connectivity index (χ1n) is 4.62. The summed E-state index contributed by atoms with van der Waals surface area (Å²) in [7, 11) is 0. The molecule has 1 amide bonds. The fourth-order valence-electron chi connectivity index (χ4n) is 0.886. The van der Waals surface area contributed by atoms with Crippen LogP contribution in [-0.4, -0.2) is 45.3 Å². The van der Waals surface area contributed by atoms with Crippen LogP contribution in [0.3, 0.4) is 0 Å². The van der Waals surface area contributed by atoms with Crippen LogP contribution in [0.1, 0.15) is 20.8 Å². The predicted octanol–water partition coefficient (Wildman–Crippen LogP) is -1.72. The molecule has 0 aromatic rings. The maximum Gasteiger partial charge on any atom is 0.240 e. The standard InChI is InChI=1S/C9H16NO6/c1-4(11)7(14)8(15)9(5(2)12)16-10-6(3)13/h4,7-8,11,14-15H,1-3H3,(H,10,13)/t4-,7-,8+/m1/s1. The van der Waals surface area contributed by atoms with Crippen molar-refractivity contribution in [3.8, 4) is 0 Å². The maximum atomic E-state index is 11.1. The second kappa shape index (κ2) is 6.54. The van der Waals surface area contributed by atoms with Gasteiger partial charge >= 0.3 is 0 Å². The first kappa shape index (κ1) is 15.0. The Kier molecular flexibility index (Phi) is 6.12. The average Bonchev–Trinajstić information content (AvgIpc) is 2.15. The Bertz CT molecular complexity index is 254. The van der Waals surface area contributed by atoms with E-state index >= 15 is 0 Å². The Labute approximate surface area is 93.0 Å². The highest BCUT2D eigenvalue weighted by molar-refractivity contribution is 5.89. The van der Waals surface area contributed by atoms with Crippen LogP contribution < -0.4 is 5.48 Å². The van der Waals surface area contributed by atoms with Crippen LogP contribution in [0.25, 0.3) is 0 Å². The van der Waals surface area contributed by atoms with Gasteiger partial charge in [-0.15, -0.1) is 0 Å². The molecule has 0 bridgehead atoms. The number of aliphatic hydroxyl groups excluding tert-OH is 3. The lowest BCUT2D eigenvalue weighted by Crippen LogP contribution is -2.44. The zero-order valence-electron chi connectivity index (χ0n) is 9.30. The molecule has 16 heavy (non-hydrogen) atoms. The SMILES string of the molecule is CC(=O)NO[C](C(C)=O)[C@@H](O)[C@H](O)[C@@H](C)O. The van der Waals surface area contributed by atoms with Gasteiger partial charge in [-0.25, -0.2) is 5.48 Å². The van der Waals surface area contributed by atoms with Crippen LogP contribution in [0.4, 0.5) is 0 Å².